The van der Waals surface area contributed by atoms with Crippen LogP contribution in [0.25, 0.3) is 0 Å². The van der Waals surface area contributed by atoms with Gasteiger partial charge in [-0.1, -0.05) is 45.0 Å². The fourth-order valence-electron chi connectivity index (χ4n) is 3.34. The van der Waals surface area contributed by atoms with Crippen molar-refractivity contribution in [2.75, 3.05) is 0 Å². The van der Waals surface area contributed by atoms with Gasteiger partial charge in [-0.25, -0.2) is 4.98 Å². The number of aromatic nitrogens is 3. The van der Waals surface area contributed by atoms with Crippen molar-refractivity contribution >= 4 is 0 Å². The van der Waals surface area contributed by atoms with Gasteiger partial charge in [0.1, 0.15) is 5.76 Å². The van der Waals surface area contributed by atoms with Gasteiger partial charge in [-0.3, -0.25) is 4.90 Å². The SMILES string of the molecule is Cc1nnc([C@H]2Cc3ccccc3CN2Cc2ncc(C(C)(C)C)o2)o1. The molecule has 1 aromatic carbocycles. The van der Waals surface area contributed by atoms with E-state index < -0.39 is 0 Å². The van der Waals surface area contributed by atoms with E-state index in [4.69, 9.17) is 8.83 Å². The molecule has 0 saturated heterocycles. The van der Waals surface area contributed by atoms with Crippen LogP contribution in [0.5, 0.6) is 0 Å². The van der Waals surface area contributed by atoms with Gasteiger partial charge in [0.2, 0.25) is 17.7 Å². The number of rotatable bonds is 3. The lowest BCUT2D eigenvalue weighted by Gasteiger charge is -2.34. The normalized spacial score (nSPS) is 18.1. The summed E-state index contributed by atoms with van der Waals surface area (Å²) in [6, 6.07) is 8.53. The zero-order valence-electron chi connectivity index (χ0n) is 15.7. The Kier molecular flexibility index (Phi) is 4.15. The van der Waals surface area contributed by atoms with Crippen LogP contribution in [-0.2, 0) is 24.9 Å². The van der Waals surface area contributed by atoms with E-state index in [2.05, 4.69) is 65.1 Å². The topological polar surface area (TPSA) is 68.2 Å². The summed E-state index contributed by atoms with van der Waals surface area (Å²) < 4.78 is 11.8. The maximum atomic E-state index is 6.01. The Morgan fingerprint density at radius 1 is 1.12 bits per heavy atom. The fourth-order valence-corrected chi connectivity index (χ4v) is 3.34. The molecule has 2 aromatic heterocycles. The summed E-state index contributed by atoms with van der Waals surface area (Å²) in [6.45, 7) is 9.60. The molecule has 0 amide bonds. The molecule has 6 nitrogen and oxygen atoms in total. The van der Waals surface area contributed by atoms with Crippen LogP contribution in [0.2, 0.25) is 0 Å². The van der Waals surface area contributed by atoms with E-state index >= 15 is 0 Å². The zero-order chi connectivity index (χ0) is 18.3. The van der Waals surface area contributed by atoms with E-state index in [1.54, 1.807) is 0 Å². The van der Waals surface area contributed by atoms with Crippen molar-refractivity contribution in [3.8, 4) is 0 Å². The highest BCUT2D eigenvalue weighted by atomic mass is 16.4. The van der Waals surface area contributed by atoms with Gasteiger partial charge in [0.15, 0.2) is 0 Å². The molecule has 3 aromatic rings. The predicted molar refractivity (Wildman–Crippen MR) is 96.4 cm³/mol. The van der Waals surface area contributed by atoms with Crippen LogP contribution >= 0.6 is 0 Å². The summed E-state index contributed by atoms with van der Waals surface area (Å²) in [5.41, 5.74) is 2.60. The molecule has 4 rings (SSSR count). The van der Waals surface area contributed by atoms with E-state index in [0.717, 1.165) is 24.6 Å². The van der Waals surface area contributed by atoms with Gasteiger partial charge in [-0.05, 0) is 17.5 Å². The summed E-state index contributed by atoms with van der Waals surface area (Å²) in [6.07, 6.45) is 2.67. The standard InChI is InChI=1S/C20H24N4O2/c1-13-22-23-19(25-13)16-9-14-7-5-6-8-15(14)11-24(16)12-18-21-10-17(26-18)20(2,3)4/h5-8,10,16H,9,11-12H2,1-4H3/t16-/m1/s1. The molecule has 136 valence electrons. The Balaban J connectivity index is 1.64. The van der Waals surface area contributed by atoms with Crippen LogP contribution in [0.4, 0.5) is 0 Å². The van der Waals surface area contributed by atoms with Crippen LogP contribution in [0.3, 0.4) is 0 Å². The van der Waals surface area contributed by atoms with E-state index in [1.807, 2.05) is 13.1 Å². The van der Waals surface area contributed by atoms with Crippen molar-refractivity contribution in [2.45, 2.75) is 58.7 Å². The summed E-state index contributed by atoms with van der Waals surface area (Å²) in [7, 11) is 0. The molecule has 1 aliphatic rings. The minimum Gasteiger partial charge on any atom is -0.444 e. The molecule has 0 fully saturated rings. The average Bonchev–Trinajstić information content (AvgIpc) is 3.23. The van der Waals surface area contributed by atoms with Crippen molar-refractivity contribution in [1.29, 1.82) is 0 Å². The highest BCUT2D eigenvalue weighted by molar-refractivity contribution is 5.30. The van der Waals surface area contributed by atoms with E-state index in [9.17, 15) is 0 Å². The van der Waals surface area contributed by atoms with Crippen molar-refractivity contribution in [2.24, 2.45) is 0 Å². The summed E-state index contributed by atoms with van der Waals surface area (Å²) >= 11 is 0. The van der Waals surface area contributed by atoms with Crippen molar-refractivity contribution in [3.05, 3.63) is 65.0 Å². The largest absolute Gasteiger partial charge is 0.444 e. The highest BCUT2D eigenvalue weighted by Gasteiger charge is 2.32. The third-order valence-electron chi connectivity index (χ3n) is 4.80. The highest BCUT2D eigenvalue weighted by Crippen LogP contribution is 2.34. The molecule has 6 heteroatoms. The van der Waals surface area contributed by atoms with E-state index in [-0.39, 0.29) is 11.5 Å². The molecular weight excluding hydrogens is 328 g/mol. The summed E-state index contributed by atoms with van der Waals surface area (Å²) in [5.74, 6) is 2.86. The molecule has 0 radical (unpaired) electrons. The Labute approximate surface area is 153 Å². The molecule has 0 bridgehead atoms. The number of oxazole rings is 1. The molecule has 1 atom stereocenters. The van der Waals surface area contributed by atoms with Gasteiger partial charge >= 0.3 is 0 Å². The number of benzene rings is 1. The number of aryl methyl sites for hydroxylation is 1. The number of hydrogen-bond acceptors (Lipinski definition) is 6. The second-order valence-corrected chi connectivity index (χ2v) is 7.92. The van der Waals surface area contributed by atoms with Gasteiger partial charge in [0, 0.05) is 18.9 Å². The van der Waals surface area contributed by atoms with E-state index in [0.29, 0.717) is 18.3 Å². The number of hydrogen-bond donors (Lipinski definition) is 0. The van der Waals surface area contributed by atoms with Gasteiger partial charge in [-0.15, -0.1) is 10.2 Å². The monoisotopic (exact) mass is 352 g/mol. The lowest BCUT2D eigenvalue weighted by atomic mass is 9.94. The molecule has 0 N–H and O–H groups in total. The Morgan fingerprint density at radius 3 is 2.54 bits per heavy atom. The van der Waals surface area contributed by atoms with Crippen molar-refractivity contribution < 1.29 is 8.83 Å². The Hall–Kier alpha value is -2.47. The molecule has 0 spiro atoms. The van der Waals surface area contributed by atoms with Crippen molar-refractivity contribution in [1.82, 2.24) is 20.1 Å². The average molecular weight is 352 g/mol. The minimum absolute atomic E-state index is 0.0242. The van der Waals surface area contributed by atoms with Crippen LogP contribution in [-0.4, -0.2) is 20.1 Å². The van der Waals surface area contributed by atoms with Gasteiger partial charge < -0.3 is 8.83 Å². The van der Waals surface area contributed by atoms with E-state index in [1.165, 1.54) is 11.1 Å². The van der Waals surface area contributed by atoms with Crippen molar-refractivity contribution in [3.63, 3.8) is 0 Å². The first-order valence-corrected chi connectivity index (χ1v) is 8.96. The molecule has 26 heavy (non-hydrogen) atoms. The Bertz CT molecular complexity index is 906. The Morgan fingerprint density at radius 2 is 1.88 bits per heavy atom. The van der Waals surface area contributed by atoms with Crippen LogP contribution in [0, 0.1) is 6.92 Å². The molecule has 1 aliphatic heterocycles. The third kappa shape index (κ3) is 3.29. The second-order valence-electron chi connectivity index (χ2n) is 7.92. The first kappa shape index (κ1) is 17.0. The first-order valence-electron chi connectivity index (χ1n) is 8.96. The molecule has 0 aliphatic carbocycles. The van der Waals surface area contributed by atoms with Crippen LogP contribution in [0.1, 0.15) is 61.4 Å². The van der Waals surface area contributed by atoms with Crippen LogP contribution < -0.4 is 0 Å². The lowest BCUT2D eigenvalue weighted by Crippen LogP contribution is -2.34. The fraction of sp³-hybridized carbons (Fsp3) is 0.450. The quantitative estimate of drug-likeness (QED) is 0.711. The number of nitrogens with zero attached hydrogens (tertiary/aromatic N) is 4. The third-order valence-corrected chi connectivity index (χ3v) is 4.80. The summed E-state index contributed by atoms with van der Waals surface area (Å²) in [5, 5.41) is 8.28. The second kappa shape index (κ2) is 6.36. The predicted octanol–water partition coefficient (Wildman–Crippen LogP) is 3.96. The maximum absolute atomic E-state index is 6.01. The molecule has 0 unspecified atom stereocenters. The first-order chi connectivity index (χ1) is 12.4. The maximum Gasteiger partial charge on any atom is 0.233 e. The molecular formula is C20H24N4O2. The van der Waals surface area contributed by atoms with Gasteiger partial charge in [-0.2, -0.15) is 0 Å². The minimum atomic E-state index is -0.0528. The lowest BCUT2D eigenvalue weighted by molar-refractivity contribution is 0.123. The molecule has 0 saturated carbocycles. The van der Waals surface area contributed by atoms with Gasteiger partial charge in [0.05, 0.1) is 18.8 Å². The summed E-state index contributed by atoms with van der Waals surface area (Å²) in [4.78, 5) is 6.79. The molecule has 3 heterocycles. The van der Waals surface area contributed by atoms with Gasteiger partial charge in [0.25, 0.3) is 0 Å². The number of fused-ring (bicyclic) bond motifs is 1. The van der Waals surface area contributed by atoms with Crippen LogP contribution in [0.15, 0.2) is 39.3 Å². The zero-order valence-corrected chi connectivity index (χ0v) is 15.7. The smallest absolute Gasteiger partial charge is 0.233 e.